The Bertz CT molecular complexity index is 930. The van der Waals surface area contributed by atoms with Crippen LogP contribution in [-0.4, -0.2) is 14.7 Å². The van der Waals surface area contributed by atoms with Gasteiger partial charge >= 0.3 is 11.0 Å². The first-order valence-corrected chi connectivity index (χ1v) is 6.67. The molecular formula is C13H6F4N2O2S. The van der Waals surface area contributed by atoms with Crippen molar-refractivity contribution in [2.75, 3.05) is 0 Å². The van der Waals surface area contributed by atoms with Crippen LogP contribution in [0, 0.1) is 5.82 Å². The molecular weight excluding hydrogens is 324 g/mol. The minimum Gasteiger partial charge on any atom is -0.508 e. The average molecular weight is 330 g/mol. The van der Waals surface area contributed by atoms with Crippen LogP contribution in [0.5, 0.6) is 5.75 Å². The largest absolute Gasteiger partial charge is 0.508 e. The molecule has 2 heterocycles. The molecule has 4 nitrogen and oxygen atoms in total. The van der Waals surface area contributed by atoms with Crippen LogP contribution < -0.4 is 4.87 Å². The molecule has 0 aliphatic rings. The number of nitrogens with zero attached hydrogens (tertiary/aromatic N) is 2. The van der Waals surface area contributed by atoms with E-state index in [-0.39, 0.29) is 17.3 Å². The van der Waals surface area contributed by atoms with Crippen molar-refractivity contribution in [3.8, 4) is 11.6 Å². The molecule has 3 rings (SSSR count). The minimum atomic E-state index is -4.73. The van der Waals surface area contributed by atoms with Gasteiger partial charge in [-0.25, -0.2) is 13.9 Å². The lowest BCUT2D eigenvalue weighted by molar-refractivity contribution is -0.138. The number of phenolic OH excluding ortho intramolecular Hbond substituents is 1. The Morgan fingerprint density at radius 2 is 1.95 bits per heavy atom. The molecule has 114 valence electrons. The number of fused-ring (bicyclic) bond motifs is 1. The topological polar surface area (TPSA) is 55.1 Å². The van der Waals surface area contributed by atoms with Gasteiger partial charge in [-0.1, -0.05) is 11.3 Å². The Labute approximate surface area is 123 Å². The monoisotopic (exact) mass is 330 g/mol. The van der Waals surface area contributed by atoms with E-state index >= 15 is 0 Å². The van der Waals surface area contributed by atoms with Gasteiger partial charge in [-0.3, -0.25) is 4.79 Å². The summed E-state index contributed by atoms with van der Waals surface area (Å²) in [5, 5.41) is 9.46. The summed E-state index contributed by atoms with van der Waals surface area (Å²) in [5.74, 6) is -1.99. The number of alkyl halides is 3. The molecule has 0 fully saturated rings. The van der Waals surface area contributed by atoms with Crippen LogP contribution in [0.4, 0.5) is 17.6 Å². The normalized spacial score (nSPS) is 12.0. The van der Waals surface area contributed by atoms with Crippen molar-refractivity contribution >= 4 is 21.6 Å². The zero-order valence-corrected chi connectivity index (χ0v) is 11.4. The highest BCUT2D eigenvalue weighted by molar-refractivity contribution is 7.16. The predicted molar refractivity (Wildman–Crippen MR) is 71.8 cm³/mol. The number of aromatic hydroxyl groups is 1. The molecule has 0 saturated carbocycles. The average Bonchev–Trinajstić information content (AvgIpc) is 2.73. The summed E-state index contributed by atoms with van der Waals surface area (Å²) in [7, 11) is 0. The molecule has 0 radical (unpaired) electrons. The summed E-state index contributed by atoms with van der Waals surface area (Å²) in [5.41, 5.74) is -1.08. The number of halogens is 4. The Hall–Kier alpha value is -2.42. The van der Waals surface area contributed by atoms with Crippen molar-refractivity contribution in [3.63, 3.8) is 0 Å². The maximum Gasteiger partial charge on any atom is 0.417 e. The van der Waals surface area contributed by atoms with Gasteiger partial charge in [-0.15, -0.1) is 0 Å². The summed E-state index contributed by atoms with van der Waals surface area (Å²) >= 11 is 0.768. The molecule has 1 aromatic carbocycles. The Morgan fingerprint density at radius 1 is 1.23 bits per heavy atom. The summed E-state index contributed by atoms with van der Waals surface area (Å²) in [6.07, 6.45) is -4.27. The lowest BCUT2D eigenvalue weighted by atomic mass is 10.2. The van der Waals surface area contributed by atoms with Gasteiger partial charge in [0, 0.05) is 12.3 Å². The number of phenols is 1. The molecule has 0 saturated heterocycles. The SMILES string of the molecule is O=c1sc2ccc(O)cc2n1-c1ncc(C(F)(F)F)cc1F. The molecule has 2 aromatic heterocycles. The lowest BCUT2D eigenvalue weighted by Gasteiger charge is -2.09. The first-order valence-electron chi connectivity index (χ1n) is 5.85. The third-order valence-corrected chi connectivity index (χ3v) is 3.85. The van der Waals surface area contributed by atoms with Crippen LogP contribution in [0.3, 0.4) is 0 Å². The summed E-state index contributed by atoms with van der Waals surface area (Å²) < 4.78 is 52.8. The number of hydrogen-bond acceptors (Lipinski definition) is 4. The molecule has 0 spiro atoms. The third-order valence-electron chi connectivity index (χ3n) is 2.92. The Morgan fingerprint density at radius 3 is 2.59 bits per heavy atom. The number of thiazole rings is 1. The quantitative estimate of drug-likeness (QED) is 0.697. The second-order valence-corrected chi connectivity index (χ2v) is 5.38. The van der Waals surface area contributed by atoms with E-state index in [9.17, 15) is 27.5 Å². The number of rotatable bonds is 1. The molecule has 3 aromatic rings. The van der Waals surface area contributed by atoms with Crippen molar-refractivity contribution in [1.82, 2.24) is 9.55 Å². The van der Waals surface area contributed by atoms with Gasteiger partial charge in [0.1, 0.15) is 5.75 Å². The molecule has 22 heavy (non-hydrogen) atoms. The highest BCUT2D eigenvalue weighted by Gasteiger charge is 2.32. The molecule has 1 N–H and O–H groups in total. The van der Waals surface area contributed by atoms with E-state index in [1.807, 2.05) is 0 Å². The molecule has 0 atom stereocenters. The van der Waals surface area contributed by atoms with Gasteiger partial charge in [0.25, 0.3) is 0 Å². The highest BCUT2D eigenvalue weighted by atomic mass is 32.1. The van der Waals surface area contributed by atoms with Gasteiger partial charge in [-0.2, -0.15) is 13.2 Å². The Kier molecular flexibility index (Phi) is 3.17. The van der Waals surface area contributed by atoms with Crippen molar-refractivity contribution < 1.29 is 22.7 Å². The fourth-order valence-electron chi connectivity index (χ4n) is 1.96. The first kappa shape index (κ1) is 14.5. The van der Waals surface area contributed by atoms with Crippen LogP contribution in [0.25, 0.3) is 16.0 Å². The summed E-state index contributed by atoms with van der Waals surface area (Å²) in [6.45, 7) is 0. The molecule has 0 amide bonds. The lowest BCUT2D eigenvalue weighted by Crippen LogP contribution is -2.15. The number of aromatic nitrogens is 2. The van der Waals surface area contributed by atoms with Crippen LogP contribution in [0.2, 0.25) is 0 Å². The second kappa shape index (κ2) is 4.80. The van der Waals surface area contributed by atoms with E-state index in [0.29, 0.717) is 10.9 Å². The fourth-order valence-corrected chi connectivity index (χ4v) is 2.81. The van der Waals surface area contributed by atoms with E-state index in [1.165, 1.54) is 18.2 Å². The van der Waals surface area contributed by atoms with Gasteiger partial charge < -0.3 is 5.11 Å². The van der Waals surface area contributed by atoms with E-state index in [2.05, 4.69) is 4.98 Å². The summed E-state index contributed by atoms with van der Waals surface area (Å²) in [4.78, 5) is 14.8. The van der Waals surface area contributed by atoms with Crippen molar-refractivity contribution in [2.45, 2.75) is 6.18 Å². The fraction of sp³-hybridized carbons (Fsp3) is 0.0769. The van der Waals surface area contributed by atoms with E-state index < -0.39 is 28.2 Å². The third kappa shape index (κ3) is 2.33. The number of pyridine rings is 1. The van der Waals surface area contributed by atoms with Crippen molar-refractivity contribution in [2.24, 2.45) is 0 Å². The molecule has 0 bridgehead atoms. The smallest absolute Gasteiger partial charge is 0.417 e. The number of benzene rings is 1. The maximum atomic E-state index is 14.0. The van der Waals surface area contributed by atoms with E-state index in [4.69, 9.17) is 0 Å². The summed E-state index contributed by atoms with van der Waals surface area (Å²) in [6, 6.07) is 4.29. The van der Waals surface area contributed by atoms with Gasteiger partial charge in [0.05, 0.1) is 15.8 Å². The second-order valence-electron chi connectivity index (χ2n) is 4.38. The zero-order valence-electron chi connectivity index (χ0n) is 10.6. The molecule has 0 aliphatic heterocycles. The molecule has 0 aliphatic carbocycles. The zero-order chi connectivity index (χ0) is 16.1. The van der Waals surface area contributed by atoms with Crippen molar-refractivity contribution in [3.05, 3.63) is 51.5 Å². The van der Waals surface area contributed by atoms with E-state index in [1.54, 1.807) is 0 Å². The van der Waals surface area contributed by atoms with Gasteiger partial charge in [0.2, 0.25) is 0 Å². The van der Waals surface area contributed by atoms with Gasteiger partial charge in [-0.05, 0) is 18.2 Å². The van der Waals surface area contributed by atoms with Crippen LogP contribution >= 0.6 is 11.3 Å². The number of hydrogen-bond donors (Lipinski definition) is 1. The standard InChI is InChI=1S/C13H6F4N2O2S/c14-8-3-6(13(15,16)17)5-18-11(8)19-9-4-7(20)1-2-10(9)22-12(19)21/h1-5,20H. The highest BCUT2D eigenvalue weighted by Crippen LogP contribution is 2.31. The van der Waals surface area contributed by atoms with Crippen LogP contribution in [-0.2, 0) is 6.18 Å². The molecule has 0 unspecified atom stereocenters. The first-order chi connectivity index (χ1) is 10.3. The van der Waals surface area contributed by atoms with Crippen molar-refractivity contribution in [1.29, 1.82) is 0 Å². The van der Waals surface area contributed by atoms with Gasteiger partial charge in [0.15, 0.2) is 11.6 Å². The van der Waals surface area contributed by atoms with E-state index in [0.717, 1.165) is 15.9 Å². The van der Waals surface area contributed by atoms with Crippen LogP contribution in [0.1, 0.15) is 5.56 Å². The predicted octanol–water partition coefficient (Wildman–Crippen LogP) is 3.31. The maximum absolute atomic E-state index is 14.0. The molecule has 9 heteroatoms. The Balaban J connectivity index is 2.26. The minimum absolute atomic E-state index is 0.161. The van der Waals surface area contributed by atoms with Crippen LogP contribution in [0.15, 0.2) is 35.3 Å².